The van der Waals surface area contributed by atoms with E-state index >= 15 is 0 Å². The van der Waals surface area contributed by atoms with Gasteiger partial charge < -0.3 is 11.1 Å². The maximum absolute atomic E-state index is 13.3. The van der Waals surface area contributed by atoms with Crippen molar-refractivity contribution >= 4 is 44.6 Å². The van der Waals surface area contributed by atoms with Crippen molar-refractivity contribution in [3.05, 3.63) is 51.7 Å². The Morgan fingerprint density at radius 1 is 1.18 bits per heavy atom. The van der Waals surface area contributed by atoms with Crippen LogP contribution in [0.3, 0.4) is 0 Å². The summed E-state index contributed by atoms with van der Waals surface area (Å²) in [6.07, 6.45) is 0. The molecular formula is C12H9BrClFN2. The first-order valence-electron chi connectivity index (χ1n) is 4.84. The van der Waals surface area contributed by atoms with E-state index in [9.17, 15) is 4.39 Å². The Hall–Kier alpha value is -1.26. The van der Waals surface area contributed by atoms with Crippen LogP contribution in [0, 0.1) is 5.82 Å². The predicted molar refractivity (Wildman–Crippen MR) is 73.2 cm³/mol. The van der Waals surface area contributed by atoms with Crippen molar-refractivity contribution in [2.24, 2.45) is 0 Å². The van der Waals surface area contributed by atoms with Crippen LogP contribution in [0.5, 0.6) is 0 Å². The topological polar surface area (TPSA) is 38.0 Å². The fourth-order valence-corrected chi connectivity index (χ4v) is 1.90. The lowest BCUT2D eigenvalue weighted by Gasteiger charge is -2.11. The van der Waals surface area contributed by atoms with E-state index in [1.807, 2.05) is 0 Å². The third-order valence-corrected chi connectivity index (χ3v) is 3.18. The predicted octanol–water partition coefficient (Wildman–Crippen LogP) is 4.57. The van der Waals surface area contributed by atoms with Gasteiger partial charge in [0.05, 0.1) is 17.1 Å². The molecule has 0 unspecified atom stereocenters. The van der Waals surface area contributed by atoms with Gasteiger partial charge in [-0.25, -0.2) is 4.39 Å². The Labute approximate surface area is 112 Å². The van der Waals surface area contributed by atoms with Gasteiger partial charge in [-0.1, -0.05) is 17.7 Å². The van der Waals surface area contributed by atoms with Crippen LogP contribution in [0.1, 0.15) is 0 Å². The Bertz CT molecular complexity index is 560. The summed E-state index contributed by atoms with van der Waals surface area (Å²) in [4.78, 5) is 0. The van der Waals surface area contributed by atoms with E-state index in [0.29, 0.717) is 10.7 Å². The molecule has 0 aliphatic heterocycles. The minimum absolute atomic E-state index is 0.0828. The number of hydrogen-bond donors (Lipinski definition) is 2. The van der Waals surface area contributed by atoms with E-state index < -0.39 is 5.82 Å². The number of benzene rings is 2. The SMILES string of the molecule is Nc1c(F)cccc1Nc1cc(Cl)ccc1Br. The fraction of sp³-hybridized carbons (Fsp3) is 0. The first kappa shape index (κ1) is 12.2. The standard InChI is InChI=1S/C12H9BrClFN2/c13-8-5-4-7(14)6-11(8)17-10-3-1-2-9(15)12(10)16/h1-6,17H,16H2. The molecule has 0 aliphatic carbocycles. The second kappa shape index (κ2) is 4.94. The summed E-state index contributed by atoms with van der Waals surface area (Å²) in [6, 6.07) is 9.90. The number of nitrogens with one attached hydrogen (secondary N) is 1. The summed E-state index contributed by atoms with van der Waals surface area (Å²) in [5.74, 6) is -0.451. The van der Waals surface area contributed by atoms with E-state index in [-0.39, 0.29) is 5.69 Å². The number of hydrogen-bond acceptors (Lipinski definition) is 2. The minimum Gasteiger partial charge on any atom is -0.395 e. The third kappa shape index (κ3) is 2.70. The van der Waals surface area contributed by atoms with Crippen LogP contribution < -0.4 is 11.1 Å². The van der Waals surface area contributed by atoms with Crippen molar-refractivity contribution in [2.45, 2.75) is 0 Å². The quantitative estimate of drug-likeness (QED) is 0.797. The fourth-order valence-electron chi connectivity index (χ4n) is 1.38. The highest BCUT2D eigenvalue weighted by Gasteiger charge is 2.06. The Balaban J connectivity index is 2.38. The number of para-hydroxylation sites is 1. The number of rotatable bonds is 2. The molecule has 0 spiro atoms. The molecule has 3 N–H and O–H groups in total. The van der Waals surface area contributed by atoms with Gasteiger partial charge in [-0.2, -0.15) is 0 Å². The van der Waals surface area contributed by atoms with Gasteiger partial charge in [-0.15, -0.1) is 0 Å². The summed E-state index contributed by atoms with van der Waals surface area (Å²) >= 11 is 9.26. The molecule has 0 fully saturated rings. The molecule has 0 radical (unpaired) electrons. The lowest BCUT2D eigenvalue weighted by Crippen LogP contribution is -1.99. The van der Waals surface area contributed by atoms with Crippen LogP contribution in [-0.2, 0) is 0 Å². The summed E-state index contributed by atoms with van der Waals surface area (Å²) in [7, 11) is 0. The summed E-state index contributed by atoms with van der Waals surface area (Å²) in [6.45, 7) is 0. The van der Waals surface area contributed by atoms with Crippen molar-refractivity contribution in [3.8, 4) is 0 Å². The van der Waals surface area contributed by atoms with Gasteiger partial charge in [-0.05, 0) is 46.3 Å². The Morgan fingerprint density at radius 3 is 2.71 bits per heavy atom. The molecule has 0 heterocycles. The first-order valence-corrected chi connectivity index (χ1v) is 6.01. The average molecular weight is 316 g/mol. The molecule has 0 saturated carbocycles. The largest absolute Gasteiger partial charge is 0.395 e. The Kier molecular flexibility index (Phi) is 3.54. The van der Waals surface area contributed by atoms with Crippen LogP contribution in [-0.4, -0.2) is 0 Å². The van der Waals surface area contributed by atoms with Gasteiger partial charge >= 0.3 is 0 Å². The molecule has 0 saturated heterocycles. The lowest BCUT2D eigenvalue weighted by atomic mass is 10.2. The second-order valence-electron chi connectivity index (χ2n) is 3.45. The maximum Gasteiger partial charge on any atom is 0.148 e. The van der Waals surface area contributed by atoms with Gasteiger partial charge in [0.1, 0.15) is 5.82 Å². The summed E-state index contributed by atoms with van der Waals surface area (Å²) < 4.78 is 14.1. The minimum atomic E-state index is -0.451. The van der Waals surface area contributed by atoms with Gasteiger partial charge in [0.25, 0.3) is 0 Å². The van der Waals surface area contributed by atoms with Crippen LogP contribution in [0.2, 0.25) is 5.02 Å². The normalized spacial score (nSPS) is 10.3. The number of anilines is 3. The molecule has 0 bridgehead atoms. The highest BCUT2D eigenvalue weighted by molar-refractivity contribution is 9.10. The molecule has 2 rings (SSSR count). The van der Waals surface area contributed by atoms with Crippen molar-refractivity contribution in [2.75, 3.05) is 11.1 Å². The van der Waals surface area contributed by atoms with Crippen LogP contribution in [0.25, 0.3) is 0 Å². The van der Waals surface area contributed by atoms with Crippen molar-refractivity contribution in [3.63, 3.8) is 0 Å². The monoisotopic (exact) mass is 314 g/mol. The summed E-state index contributed by atoms with van der Waals surface area (Å²) in [5.41, 5.74) is 6.95. The molecule has 5 heteroatoms. The smallest absolute Gasteiger partial charge is 0.148 e. The zero-order valence-corrected chi connectivity index (χ0v) is 11.0. The highest BCUT2D eigenvalue weighted by Crippen LogP contribution is 2.31. The highest BCUT2D eigenvalue weighted by atomic mass is 79.9. The van der Waals surface area contributed by atoms with Crippen molar-refractivity contribution in [1.82, 2.24) is 0 Å². The molecule has 0 aliphatic rings. The van der Waals surface area contributed by atoms with E-state index in [1.165, 1.54) is 6.07 Å². The van der Waals surface area contributed by atoms with Crippen molar-refractivity contribution in [1.29, 1.82) is 0 Å². The van der Waals surface area contributed by atoms with Gasteiger partial charge in [0.15, 0.2) is 0 Å². The number of nitrogen functional groups attached to an aromatic ring is 1. The second-order valence-corrected chi connectivity index (χ2v) is 4.74. The molecular weight excluding hydrogens is 307 g/mol. The zero-order chi connectivity index (χ0) is 12.4. The van der Waals surface area contributed by atoms with Crippen LogP contribution in [0.15, 0.2) is 40.9 Å². The number of nitrogens with two attached hydrogens (primary N) is 1. The molecule has 2 nitrogen and oxygen atoms in total. The molecule has 0 atom stereocenters. The van der Waals surface area contributed by atoms with E-state index in [1.54, 1.807) is 30.3 Å². The van der Waals surface area contributed by atoms with Crippen molar-refractivity contribution < 1.29 is 4.39 Å². The Morgan fingerprint density at radius 2 is 1.94 bits per heavy atom. The van der Waals surface area contributed by atoms with E-state index in [0.717, 1.165) is 10.2 Å². The van der Waals surface area contributed by atoms with E-state index in [2.05, 4.69) is 21.2 Å². The molecule has 2 aromatic rings. The van der Waals surface area contributed by atoms with Crippen LogP contribution >= 0.6 is 27.5 Å². The summed E-state index contributed by atoms with van der Waals surface area (Å²) in [5, 5.41) is 3.61. The zero-order valence-electron chi connectivity index (χ0n) is 8.68. The molecule has 0 amide bonds. The third-order valence-electron chi connectivity index (χ3n) is 2.25. The maximum atomic E-state index is 13.3. The number of halogens is 3. The van der Waals surface area contributed by atoms with E-state index in [4.69, 9.17) is 17.3 Å². The lowest BCUT2D eigenvalue weighted by molar-refractivity contribution is 0.633. The molecule has 17 heavy (non-hydrogen) atoms. The molecule has 2 aromatic carbocycles. The average Bonchev–Trinajstić information content (AvgIpc) is 2.30. The van der Waals surface area contributed by atoms with Gasteiger partial charge in [0.2, 0.25) is 0 Å². The first-order chi connectivity index (χ1) is 8.08. The van der Waals surface area contributed by atoms with Gasteiger partial charge in [0, 0.05) is 9.50 Å². The molecule has 0 aromatic heterocycles. The molecule has 88 valence electrons. The van der Waals surface area contributed by atoms with Gasteiger partial charge in [-0.3, -0.25) is 0 Å². The van der Waals surface area contributed by atoms with Crippen LogP contribution in [0.4, 0.5) is 21.5 Å².